The molecule has 33 heavy (non-hydrogen) atoms. The van der Waals surface area contributed by atoms with Crippen LogP contribution in [0.4, 0.5) is 21.6 Å². The average Bonchev–Trinajstić information content (AvgIpc) is 2.80. The number of fused-ring (bicyclic) bond motifs is 1. The molecule has 1 saturated heterocycles. The van der Waals surface area contributed by atoms with Gasteiger partial charge in [0.15, 0.2) is 0 Å². The Morgan fingerprint density at radius 1 is 1.15 bits per heavy atom. The zero-order valence-electron chi connectivity index (χ0n) is 19.1. The molecule has 1 aromatic heterocycles. The number of piperazine rings is 1. The number of halogens is 2. The van der Waals surface area contributed by atoms with Crippen LogP contribution in [0.25, 0.3) is 10.9 Å². The normalized spacial score (nSPS) is 15.3. The first-order valence-corrected chi connectivity index (χ1v) is 11.4. The van der Waals surface area contributed by atoms with Gasteiger partial charge in [0, 0.05) is 48.5 Å². The van der Waals surface area contributed by atoms with Gasteiger partial charge in [0.25, 0.3) is 0 Å². The Bertz CT molecular complexity index is 1220. The Hall–Kier alpha value is -2.92. The quantitative estimate of drug-likeness (QED) is 0.435. The third-order valence-corrected chi connectivity index (χ3v) is 6.39. The van der Waals surface area contributed by atoms with E-state index in [1.165, 1.54) is 18.5 Å². The number of nitrogens with two attached hydrogens (primary N) is 1. The summed E-state index contributed by atoms with van der Waals surface area (Å²) >= 11 is 5.92. The van der Waals surface area contributed by atoms with Crippen LogP contribution < -0.4 is 11.1 Å². The average molecular weight is 467 g/mol. The zero-order valence-corrected chi connectivity index (χ0v) is 19.9. The molecule has 1 aliphatic rings. The van der Waals surface area contributed by atoms with Gasteiger partial charge in [-0.3, -0.25) is 4.90 Å². The van der Waals surface area contributed by atoms with Gasteiger partial charge in [-0.2, -0.15) is 0 Å². The van der Waals surface area contributed by atoms with Gasteiger partial charge in [-0.25, -0.2) is 14.4 Å². The first kappa shape index (κ1) is 23.2. The van der Waals surface area contributed by atoms with Gasteiger partial charge in [0.1, 0.15) is 18.0 Å². The third kappa shape index (κ3) is 5.19. The molecule has 0 radical (unpaired) electrons. The Balaban J connectivity index is 1.63. The molecule has 0 aliphatic carbocycles. The van der Waals surface area contributed by atoms with Crippen LogP contribution in [0, 0.1) is 17.7 Å². The van der Waals surface area contributed by atoms with Crippen molar-refractivity contribution >= 4 is 39.7 Å². The number of hydrogen-bond donors (Lipinski definition) is 2. The number of anilines is 3. The molecule has 0 saturated carbocycles. The monoisotopic (exact) mass is 466 g/mol. The van der Waals surface area contributed by atoms with Gasteiger partial charge in [0.2, 0.25) is 0 Å². The van der Waals surface area contributed by atoms with E-state index in [1.807, 2.05) is 6.07 Å². The SMILES string of the molecule is CCN1CCN(C(C)(C)C#Cc2cc3c(Nc4ccc(F)c(Cl)c4)ncnc3cc2N)CC1. The van der Waals surface area contributed by atoms with Crippen LogP contribution >= 0.6 is 11.6 Å². The maximum Gasteiger partial charge on any atom is 0.141 e. The van der Waals surface area contributed by atoms with Crippen molar-refractivity contribution in [2.75, 3.05) is 43.8 Å². The summed E-state index contributed by atoms with van der Waals surface area (Å²) in [6, 6.07) is 8.14. The zero-order chi connectivity index (χ0) is 23.6. The van der Waals surface area contributed by atoms with E-state index in [4.69, 9.17) is 17.3 Å². The largest absolute Gasteiger partial charge is 0.398 e. The summed E-state index contributed by atoms with van der Waals surface area (Å²) in [7, 11) is 0. The van der Waals surface area contributed by atoms with E-state index in [0.717, 1.165) is 43.7 Å². The molecule has 0 atom stereocenters. The number of nitrogens with one attached hydrogen (secondary N) is 1. The van der Waals surface area contributed by atoms with E-state index >= 15 is 0 Å². The number of benzene rings is 2. The maximum atomic E-state index is 13.5. The molecule has 0 spiro atoms. The van der Waals surface area contributed by atoms with Crippen LogP contribution in [0.15, 0.2) is 36.7 Å². The summed E-state index contributed by atoms with van der Waals surface area (Å²) in [6.07, 6.45) is 1.46. The van der Waals surface area contributed by atoms with E-state index in [2.05, 4.69) is 57.7 Å². The molecule has 0 bridgehead atoms. The van der Waals surface area contributed by atoms with Gasteiger partial charge in [-0.1, -0.05) is 30.4 Å². The van der Waals surface area contributed by atoms with Crippen LogP contribution in [0.2, 0.25) is 5.02 Å². The summed E-state index contributed by atoms with van der Waals surface area (Å²) in [6.45, 7) is 11.7. The summed E-state index contributed by atoms with van der Waals surface area (Å²) < 4.78 is 13.5. The van der Waals surface area contributed by atoms with Crippen molar-refractivity contribution < 1.29 is 4.39 Å². The Morgan fingerprint density at radius 2 is 1.91 bits per heavy atom. The van der Waals surface area contributed by atoms with Gasteiger partial charge < -0.3 is 16.0 Å². The van der Waals surface area contributed by atoms with Crippen molar-refractivity contribution in [2.24, 2.45) is 0 Å². The number of aromatic nitrogens is 2. The Kier molecular flexibility index (Phi) is 6.71. The van der Waals surface area contributed by atoms with Crippen LogP contribution in [-0.4, -0.2) is 58.0 Å². The molecule has 4 rings (SSSR count). The molecule has 1 aliphatic heterocycles. The number of likely N-dealkylation sites (N-methyl/N-ethyl adjacent to an activating group) is 1. The third-order valence-electron chi connectivity index (χ3n) is 6.10. The number of nitrogens with zero attached hydrogens (tertiary/aromatic N) is 4. The second-order valence-electron chi connectivity index (χ2n) is 8.66. The van der Waals surface area contributed by atoms with Gasteiger partial charge >= 0.3 is 0 Å². The predicted molar refractivity (Wildman–Crippen MR) is 133 cm³/mol. The lowest BCUT2D eigenvalue weighted by atomic mass is 10.0. The number of nitrogen functional groups attached to an aromatic ring is 1. The molecule has 8 heteroatoms. The molecule has 0 unspecified atom stereocenters. The number of hydrogen-bond acceptors (Lipinski definition) is 6. The highest BCUT2D eigenvalue weighted by Gasteiger charge is 2.27. The van der Waals surface area contributed by atoms with Gasteiger partial charge in [0.05, 0.1) is 16.1 Å². The highest BCUT2D eigenvalue weighted by Crippen LogP contribution is 2.28. The molecule has 6 nitrogen and oxygen atoms in total. The highest BCUT2D eigenvalue weighted by molar-refractivity contribution is 6.31. The Morgan fingerprint density at radius 3 is 2.61 bits per heavy atom. The van der Waals surface area contributed by atoms with E-state index in [9.17, 15) is 4.39 Å². The molecule has 1 fully saturated rings. The predicted octanol–water partition coefficient (Wildman–Crippen LogP) is 4.52. The molecule has 3 N–H and O–H groups in total. The standard InChI is InChI=1S/C25H28ClFN6/c1-4-32-9-11-33(12-10-32)25(2,3)8-7-17-13-19-23(15-22(17)28)29-16-30-24(19)31-18-5-6-21(27)20(26)14-18/h5-6,13-16H,4,9-12,28H2,1-3H3,(H,29,30,31). The molecule has 2 aromatic carbocycles. The summed E-state index contributed by atoms with van der Waals surface area (Å²) in [5.41, 5.74) is 8.63. The minimum absolute atomic E-state index is 0.0381. The van der Waals surface area contributed by atoms with Crippen molar-refractivity contribution in [2.45, 2.75) is 26.3 Å². The fourth-order valence-electron chi connectivity index (χ4n) is 3.96. The smallest absolute Gasteiger partial charge is 0.141 e. The first-order chi connectivity index (χ1) is 15.8. The topological polar surface area (TPSA) is 70.3 Å². The first-order valence-electron chi connectivity index (χ1n) is 11.0. The lowest BCUT2D eigenvalue weighted by Crippen LogP contribution is -2.54. The van der Waals surface area contributed by atoms with Crippen molar-refractivity contribution in [3.8, 4) is 11.8 Å². The fraction of sp³-hybridized carbons (Fsp3) is 0.360. The molecular formula is C25H28ClFN6. The van der Waals surface area contributed by atoms with Crippen LogP contribution in [0.1, 0.15) is 26.3 Å². The molecular weight excluding hydrogens is 439 g/mol. The fourth-order valence-corrected chi connectivity index (χ4v) is 4.14. The molecule has 0 amide bonds. The van der Waals surface area contributed by atoms with E-state index < -0.39 is 5.82 Å². The highest BCUT2D eigenvalue weighted by atomic mass is 35.5. The van der Waals surface area contributed by atoms with E-state index in [0.29, 0.717) is 22.7 Å². The Labute approximate surface area is 198 Å². The second kappa shape index (κ2) is 9.52. The van der Waals surface area contributed by atoms with Crippen LogP contribution in [0.3, 0.4) is 0 Å². The van der Waals surface area contributed by atoms with E-state index in [-0.39, 0.29) is 10.6 Å². The minimum Gasteiger partial charge on any atom is -0.398 e. The number of rotatable bonds is 4. The van der Waals surface area contributed by atoms with Gasteiger partial charge in [-0.15, -0.1) is 0 Å². The molecule has 3 aromatic rings. The maximum absolute atomic E-state index is 13.5. The van der Waals surface area contributed by atoms with E-state index in [1.54, 1.807) is 12.1 Å². The van der Waals surface area contributed by atoms with Crippen LogP contribution in [-0.2, 0) is 0 Å². The van der Waals surface area contributed by atoms with Crippen LogP contribution in [0.5, 0.6) is 0 Å². The minimum atomic E-state index is -0.473. The van der Waals surface area contributed by atoms with Crippen molar-refractivity contribution in [1.29, 1.82) is 0 Å². The van der Waals surface area contributed by atoms with Crippen molar-refractivity contribution in [3.05, 3.63) is 53.1 Å². The van der Waals surface area contributed by atoms with Gasteiger partial charge in [-0.05, 0) is 50.7 Å². The van der Waals surface area contributed by atoms with Crippen molar-refractivity contribution in [3.63, 3.8) is 0 Å². The molecule has 172 valence electrons. The second-order valence-corrected chi connectivity index (χ2v) is 9.07. The van der Waals surface area contributed by atoms with Crippen molar-refractivity contribution in [1.82, 2.24) is 19.8 Å². The lowest BCUT2D eigenvalue weighted by Gasteiger charge is -2.41. The summed E-state index contributed by atoms with van der Waals surface area (Å²) in [4.78, 5) is 13.6. The summed E-state index contributed by atoms with van der Waals surface area (Å²) in [5, 5.41) is 4.00. The summed E-state index contributed by atoms with van der Waals surface area (Å²) in [5.74, 6) is 6.81. The lowest BCUT2D eigenvalue weighted by molar-refractivity contribution is 0.0841. The molecule has 2 heterocycles.